The van der Waals surface area contributed by atoms with Crippen molar-refractivity contribution in [2.45, 2.75) is 24.9 Å². The van der Waals surface area contributed by atoms with E-state index in [9.17, 15) is 13.2 Å². The number of aryl methyl sites for hydroxylation is 1. The van der Waals surface area contributed by atoms with Gasteiger partial charge in [-0.25, -0.2) is 8.42 Å². The number of carbonyl (C=O) groups is 1. The quantitative estimate of drug-likeness (QED) is 0.765. The van der Waals surface area contributed by atoms with Gasteiger partial charge in [0.25, 0.3) is 0 Å². The van der Waals surface area contributed by atoms with Crippen molar-refractivity contribution in [2.75, 3.05) is 7.11 Å². The molecule has 0 saturated carbocycles. The summed E-state index contributed by atoms with van der Waals surface area (Å²) in [4.78, 5) is 11.2. The van der Waals surface area contributed by atoms with Crippen molar-refractivity contribution < 1.29 is 17.9 Å². The van der Waals surface area contributed by atoms with Gasteiger partial charge in [0.2, 0.25) is 0 Å². The summed E-state index contributed by atoms with van der Waals surface area (Å²) in [6.45, 7) is 3.23. The molecule has 4 nitrogen and oxygen atoms in total. The first kappa shape index (κ1) is 13.7. The maximum absolute atomic E-state index is 11.9. The molecule has 1 aromatic carbocycles. The van der Waals surface area contributed by atoms with Crippen LogP contribution in [0.15, 0.2) is 24.3 Å². The summed E-state index contributed by atoms with van der Waals surface area (Å²) in [5.41, 5.74) is 1.67. The third-order valence-electron chi connectivity index (χ3n) is 2.52. The molecule has 0 saturated heterocycles. The minimum absolute atomic E-state index is 0.148. The van der Waals surface area contributed by atoms with E-state index in [1.54, 1.807) is 18.2 Å². The molecule has 0 aliphatic heterocycles. The number of rotatable bonds is 4. The molecule has 0 radical (unpaired) electrons. The molecule has 0 N–H and O–H groups in total. The molecule has 0 heterocycles. The highest BCUT2D eigenvalue weighted by Crippen LogP contribution is 2.13. The van der Waals surface area contributed by atoms with E-state index in [1.807, 2.05) is 13.0 Å². The number of esters is 1. The fraction of sp³-hybridized carbons (Fsp3) is 0.417. The van der Waals surface area contributed by atoms with E-state index < -0.39 is 21.1 Å². The third kappa shape index (κ3) is 3.56. The first-order chi connectivity index (χ1) is 7.86. The van der Waals surface area contributed by atoms with Gasteiger partial charge in [-0.2, -0.15) is 0 Å². The van der Waals surface area contributed by atoms with Gasteiger partial charge in [-0.3, -0.25) is 4.79 Å². The van der Waals surface area contributed by atoms with Gasteiger partial charge in [-0.15, -0.1) is 0 Å². The van der Waals surface area contributed by atoms with Crippen molar-refractivity contribution >= 4 is 15.8 Å². The molecule has 1 rings (SSSR count). The van der Waals surface area contributed by atoms with Gasteiger partial charge < -0.3 is 4.74 Å². The summed E-state index contributed by atoms with van der Waals surface area (Å²) < 4.78 is 28.3. The maximum Gasteiger partial charge on any atom is 0.323 e. The van der Waals surface area contributed by atoms with Crippen molar-refractivity contribution in [2.24, 2.45) is 0 Å². The molecular weight excluding hydrogens is 240 g/mol. The van der Waals surface area contributed by atoms with Gasteiger partial charge in [0.15, 0.2) is 15.1 Å². The van der Waals surface area contributed by atoms with Crippen LogP contribution in [0, 0.1) is 6.92 Å². The predicted octanol–water partition coefficient (Wildman–Crippen LogP) is 1.47. The Morgan fingerprint density at radius 3 is 2.59 bits per heavy atom. The second-order valence-electron chi connectivity index (χ2n) is 3.96. The molecule has 0 spiro atoms. The zero-order chi connectivity index (χ0) is 13.1. The average Bonchev–Trinajstić information content (AvgIpc) is 2.26. The van der Waals surface area contributed by atoms with Gasteiger partial charge in [-0.05, 0) is 19.4 Å². The lowest BCUT2D eigenvalue weighted by molar-refractivity contribution is -0.139. The van der Waals surface area contributed by atoms with E-state index in [-0.39, 0.29) is 5.75 Å². The van der Waals surface area contributed by atoms with Crippen LogP contribution in [0.3, 0.4) is 0 Å². The van der Waals surface area contributed by atoms with Crippen molar-refractivity contribution in [1.82, 2.24) is 0 Å². The van der Waals surface area contributed by atoms with Gasteiger partial charge in [0.05, 0.1) is 12.9 Å². The summed E-state index contributed by atoms with van der Waals surface area (Å²) in [6, 6.07) is 7.21. The maximum atomic E-state index is 11.9. The molecule has 0 aliphatic carbocycles. The Bertz CT molecular complexity index is 505. The molecule has 0 aliphatic rings. The second kappa shape index (κ2) is 5.31. The summed E-state index contributed by atoms with van der Waals surface area (Å²) >= 11 is 0. The number of benzene rings is 1. The molecule has 0 fully saturated rings. The Kier molecular flexibility index (Phi) is 4.28. The molecule has 1 atom stereocenters. The SMILES string of the molecule is COC(=O)C(C)S(=O)(=O)Cc1cccc(C)c1. The lowest BCUT2D eigenvalue weighted by atomic mass is 10.2. The number of hydrogen-bond acceptors (Lipinski definition) is 4. The Morgan fingerprint density at radius 2 is 2.06 bits per heavy atom. The first-order valence-corrected chi connectivity index (χ1v) is 6.93. The number of ether oxygens (including phenoxy) is 1. The smallest absolute Gasteiger partial charge is 0.323 e. The van der Waals surface area contributed by atoms with Gasteiger partial charge >= 0.3 is 5.97 Å². The summed E-state index contributed by atoms with van der Waals surface area (Å²) in [5, 5.41) is -1.13. The van der Waals surface area contributed by atoms with Crippen molar-refractivity contribution in [1.29, 1.82) is 0 Å². The Hall–Kier alpha value is -1.36. The molecule has 0 bridgehead atoms. The van der Waals surface area contributed by atoms with E-state index in [1.165, 1.54) is 14.0 Å². The molecule has 17 heavy (non-hydrogen) atoms. The highest BCUT2D eigenvalue weighted by molar-refractivity contribution is 7.92. The van der Waals surface area contributed by atoms with Crippen LogP contribution < -0.4 is 0 Å². The van der Waals surface area contributed by atoms with E-state index in [4.69, 9.17) is 0 Å². The van der Waals surface area contributed by atoms with Crippen molar-refractivity contribution in [3.8, 4) is 0 Å². The standard InChI is InChI=1S/C12H16O4S/c1-9-5-4-6-11(7-9)8-17(14,15)10(2)12(13)16-3/h4-7,10H,8H2,1-3H3. The minimum Gasteiger partial charge on any atom is -0.468 e. The van der Waals surface area contributed by atoms with Crippen LogP contribution >= 0.6 is 0 Å². The average molecular weight is 256 g/mol. The summed E-state index contributed by atoms with van der Waals surface area (Å²) in [6.07, 6.45) is 0. The highest BCUT2D eigenvalue weighted by Gasteiger charge is 2.28. The number of carbonyl (C=O) groups excluding carboxylic acids is 1. The normalized spacial score (nSPS) is 13.1. The van der Waals surface area contributed by atoms with Crippen LogP contribution in [0.2, 0.25) is 0 Å². The zero-order valence-electron chi connectivity index (χ0n) is 10.1. The fourth-order valence-electron chi connectivity index (χ4n) is 1.47. The van der Waals surface area contributed by atoms with Crippen LogP contribution in [-0.4, -0.2) is 26.7 Å². The Morgan fingerprint density at radius 1 is 1.41 bits per heavy atom. The van der Waals surface area contributed by atoms with Crippen LogP contribution in [0.5, 0.6) is 0 Å². The van der Waals surface area contributed by atoms with Crippen molar-refractivity contribution in [3.05, 3.63) is 35.4 Å². The molecule has 1 aromatic rings. The minimum atomic E-state index is -3.52. The monoisotopic (exact) mass is 256 g/mol. The molecule has 94 valence electrons. The molecule has 5 heteroatoms. The van der Waals surface area contributed by atoms with Gasteiger partial charge in [0.1, 0.15) is 0 Å². The number of sulfone groups is 1. The van der Waals surface area contributed by atoms with E-state index >= 15 is 0 Å². The molecule has 0 aromatic heterocycles. The fourth-order valence-corrected chi connectivity index (χ4v) is 2.76. The Labute approximate surface area is 102 Å². The van der Waals surface area contributed by atoms with Crippen LogP contribution in [0.1, 0.15) is 18.1 Å². The number of methoxy groups -OCH3 is 1. The van der Waals surface area contributed by atoms with Crippen LogP contribution in [-0.2, 0) is 25.1 Å². The van der Waals surface area contributed by atoms with Crippen LogP contribution in [0.4, 0.5) is 0 Å². The summed E-state index contributed by atoms with van der Waals surface area (Å²) in [7, 11) is -2.33. The molecular formula is C12H16O4S. The first-order valence-electron chi connectivity index (χ1n) is 5.22. The lowest BCUT2D eigenvalue weighted by Gasteiger charge is -2.10. The number of hydrogen-bond donors (Lipinski definition) is 0. The highest BCUT2D eigenvalue weighted by atomic mass is 32.2. The van der Waals surface area contributed by atoms with Crippen molar-refractivity contribution in [3.63, 3.8) is 0 Å². The molecule has 1 unspecified atom stereocenters. The van der Waals surface area contributed by atoms with E-state index in [0.717, 1.165) is 5.56 Å². The predicted molar refractivity (Wildman–Crippen MR) is 65.3 cm³/mol. The van der Waals surface area contributed by atoms with E-state index in [0.29, 0.717) is 5.56 Å². The van der Waals surface area contributed by atoms with Gasteiger partial charge in [-0.1, -0.05) is 29.8 Å². The zero-order valence-corrected chi connectivity index (χ0v) is 11.0. The Balaban J connectivity index is 2.90. The third-order valence-corrected chi connectivity index (χ3v) is 4.53. The summed E-state index contributed by atoms with van der Waals surface area (Å²) in [5.74, 6) is -0.872. The largest absolute Gasteiger partial charge is 0.468 e. The topological polar surface area (TPSA) is 60.4 Å². The second-order valence-corrected chi connectivity index (χ2v) is 6.28. The van der Waals surface area contributed by atoms with Crippen LogP contribution in [0.25, 0.3) is 0 Å². The lowest BCUT2D eigenvalue weighted by Crippen LogP contribution is -2.29. The van der Waals surface area contributed by atoms with Gasteiger partial charge in [0, 0.05) is 0 Å². The molecule has 0 amide bonds. The van der Waals surface area contributed by atoms with E-state index in [2.05, 4.69) is 4.74 Å².